The Morgan fingerprint density at radius 2 is 0.0366 bits per heavy atom. The Morgan fingerprint density at radius 3 is 0.0488 bits per heavy atom. The smallest absolute Gasteiger partial charge is 0.0533 e. The zero-order valence-electron chi connectivity index (χ0n) is 58.0. The van der Waals surface area contributed by atoms with Crippen LogP contribution in [0.15, 0.2) is 0 Å². The lowest BCUT2D eigenvalue weighted by Crippen LogP contribution is -1.85. The molecule has 492 valence electrons. The fraction of sp³-hybridized carbons (Fsp3) is 1.00. The van der Waals surface area contributed by atoms with Gasteiger partial charge in [-0.05, 0) is 0 Å². The molecule has 0 heteroatoms. The van der Waals surface area contributed by atoms with Gasteiger partial charge in [-0.15, -0.1) is 0 Å². The third-order valence-corrected chi connectivity index (χ3v) is 20.5. The van der Waals surface area contributed by atoms with Crippen LogP contribution in [0.4, 0.5) is 0 Å². The molecule has 0 amide bonds. The molecule has 13 fully saturated rings. The summed E-state index contributed by atoms with van der Waals surface area (Å²) in [6.45, 7) is 0. The first-order valence-corrected chi connectivity index (χ1v) is 41.0. The van der Waals surface area contributed by atoms with Gasteiger partial charge in [0.05, 0.1) is 0 Å². The molecule has 13 aliphatic rings. The van der Waals surface area contributed by atoms with Crippen molar-refractivity contribution in [2.24, 2.45) is 0 Å². The second-order valence-electron chi connectivity index (χ2n) is 29.0. The molecule has 0 atom stereocenters. The van der Waals surface area contributed by atoms with Gasteiger partial charge in [-0.25, -0.2) is 0 Å². The van der Waals surface area contributed by atoms with Crippen LogP contribution >= 0.6 is 0 Å². The quantitative estimate of drug-likeness (QED) is 0.227. The molecule has 13 saturated carbocycles. The lowest BCUT2D eigenvalue weighted by Gasteiger charge is -2.05. The molecule has 0 spiro atoms. The van der Waals surface area contributed by atoms with E-state index in [-0.39, 0.29) is 0 Å². The monoisotopic (exact) mass is 1150 g/mol. The number of hydrogen-bond acceptors (Lipinski definition) is 0. The van der Waals surface area contributed by atoms with Gasteiger partial charge in [0.25, 0.3) is 0 Å². The Balaban J connectivity index is 0.000000450. The third kappa shape index (κ3) is 74.3. The topological polar surface area (TPSA) is 0 Å². The fourth-order valence-corrected chi connectivity index (χ4v) is 12.2. The minimum absolute atomic E-state index is 1.50. The average Bonchev–Trinajstić information content (AvgIpc) is 3.36. The van der Waals surface area contributed by atoms with E-state index in [0.717, 1.165) is 0 Å². The second-order valence-corrected chi connectivity index (χ2v) is 29.0. The number of hydrogen-bond donors (Lipinski definition) is 0. The largest absolute Gasteiger partial charge is 0.0533 e. The highest BCUT2D eigenvalue weighted by Gasteiger charge is 2.03. The molecule has 0 nitrogen and oxygen atoms in total. The van der Waals surface area contributed by atoms with Crippen molar-refractivity contribution in [3.05, 3.63) is 0 Å². The van der Waals surface area contributed by atoms with Crippen LogP contribution in [0.3, 0.4) is 0 Å². The van der Waals surface area contributed by atoms with E-state index in [1.54, 1.807) is 0 Å². The first kappa shape index (κ1) is 80.0. The highest BCUT2D eigenvalue weighted by molar-refractivity contribution is 4.58. The zero-order chi connectivity index (χ0) is 58.0. The summed E-state index contributed by atoms with van der Waals surface area (Å²) in [6.07, 6.45) is 123. The van der Waals surface area contributed by atoms with Crippen molar-refractivity contribution in [1.82, 2.24) is 0 Å². The van der Waals surface area contributed by atoms with Gasteiger partial charge in [0.2, 0.25) is 0 Å². The molecule has 0 aromatic carbocycles. The van der Waals surface area contributed by atoms with Crippen LogP contribution in [0.1, 0.15) is 527 Å². The van der Waals surface area contributed by atoms with Crippen LogP contribution in [0.2, 0.25) is 0 Å². The maximum Gasteiger partial charge on any atom is -0.0533 e. The molecule has 82 heavy (non-hydrogen) atoms. The predicted molar refractivity (Wildman–Crippen MR) is 379 cm³/mol. The summed E-state index contributed by atoms with van der Waals surface area (Å²) in [5.74, 6) is 0. The molecular formula is C82H164. The van der Waals surface area contributed by atoms with E-state index in [2.05, 4.69) is 0 Å². The van der Waals surface area contributed by atoms with E-state index in [0.29, 0.717) is 0 Å². The van der Waals surface area contributed by atoms with Crippen molar-refractivity contribution >= 4 is 0 Å². The van der Waals surface area contributed by atoms with Crippen molar-refractivity contribution < 1.29 is 0 Å². The van der Waals surface area contributed by atoms with Crippen LogP contribution in [0, 0.1) is 0 Å². The van der Waals surface area contributed by atoms with E-state index < -0.39 is 0 Å². The Labute approximate surface area is 523 Å². The first-order valence-electron chi connectivity index (χ1n) is 41.0. The molecule has 0 radical (unpaired) electrons. The standard InChI is InChI=1S/C12H24.4C8H16.3C6H12.5C4H8/c1-2-4-6-8-10-12-11-9-7-5-3-1;4*1-2-4-6-8-7-5-3-1;3*1-2-4-6-5-3-1;5*1-2-4-3-1/h1-12H2;4*1-8H2;3*1-6H2;5*1-4H2. The van der Waals surface area contributed by atoms with Gasteiger partial charge in [-0.1, -0.05) is 527 Å². The lowest BCUT2D eigenvalue weighted by molar-refractivity contribution is 0.504. The molecule has 0 aliphatic heterocycles. The molecule has 13 rings (SSSR count). The van der Waals surface area contributed by atoms with Gasteiger partial charge in [0.1, 0.15) is 0 Å². The van der Waals surface area contributed by atoms with Crippen LogP contribution in [0.25, 0.3) is 0 Å². The highest BCUT2D eigenvalue weighted by Crippen LogP contribution is 2.22. The Hall–Kier alpha value is 0. The molecule has 0 aromatic rings. The maximum atomic E-state index is 1.50. The SMILES string of the molecule is C1CCC1.C1CCC1.C1CCC1.C1CCC1.C1CCC1.C1CCCCC1.C1CCCCC1.C1CCCCC1.C1CCCCCCC1.C1CCCCCCC1.C1CCCCCCC1.C1CCCCCCC1.C1CCCCCCCCCCC1. The molecule has 0 saturated heterocycles. The van der Waals surface area contributed by atoms with Crippen molar-refractivity contribution in [2.75, 3.05) is 0 Å². The molecule has 0 bridgehead atoms. The predicted octanol–water partition coefficient (Wildman–Crippen LogP) is 32.0. The summed E-state index contributed by atoms with van der Waals surface area (Å²) in [4.78, 5) is 0. The van der Waals surface area contributed by atoms with Crippen molar-refractivity contribution in [2.45, 2.75) is 527 Å². The maximum absolute atomic E-state index is 1.50. The molecular weight excluding hydrogens is 985 g/mol. The molecule has 0 N–H and O–H groups in total. The Bertz CT molecular complexity index is 678. The number of rotatable bonds is 0. The summed E-state index contributed by atoms with van der Waals surface area (Å²) >= 11 is 0. The molecule has 0 heterocycles. The second kappa shape index (κ2) is 77.1. The minimum Gasteiger partial charge on any atom is -0.0533 e. The fourth-order valence-electron chi connectivity index (χ4n) is 12.2. The molecule has 13 aliphatic carbocycles. The van der Waals surface area contributed by atoms with E-state index in [9.17, 15) is 0 Å². The van der Waals surface area contributed by atoms with Gasteiger partial charge in [0.15, 0.2) is 0 Å². The van der Waals surface area contributed by atoms with Gasteiger partial charge in [-0.2, -0.15) is 0 Å². The average molecular weight is 1150 g/mol. The van der Waals surface area contributed by atoms with Gasteiger partial charge >= 0.3 is 0 Å². The summed E-state index contributed by atoms with van der Waals surface area (Å²) in [7, 11) is 0. The molecule has 0 aromatic heterocycles. The Kier molecular flexibility index (Phi) is 75.2. The van der Waals surface area contributed by atoms with Crippen LogP contribution in [0.5, 0.6) is 0 Å². The van der Waals surface area contributed by atoms with E-state index in [1.807, 2.05) is 0 Å². The minimum atomic E-state index is 1.50. The Morgan fingerprint density at radius 1 is 0.0244 bits per heavy atom. The van der Waals surface area contributed by atoms with E-state index >= 15 is 0 Å². The summed E-state index contributed by atoms with van der Waals surface area (Å²) in [6, 6.07) is 0. The zero-order valence-corrected chi connectivity index (χ0v) is 58.0. The van der Waals surface area contributed by atoms with Crippen molar-refractivity contribution in [1.29, 1.82) is 0 Å². The lowest BCUT2D eigenvalue weighted by atomic mass is 10.0. The van der Waals surface area contributed by atoms with Crippen LogP contribution in [-0.4, -0.2) is 0 Å². The van der Waals surface area contributed by atoms with Crippen molar-refractivity contribution in [3.63, 3.8) is 0 Å². The third-order valence-electron chi connectivity index (χ3n) is 20.5. The first-order chi connectivity index (χ1) is 41.0. The van der Waals surface area contributed by atoms with Gasteiger partial charge in [-0.3, -0.25) is 0 Å². The van der Waals surface area contributed by atoms with Crippen molar-refractivity contribution in [3.8, 4) is 0 Å². The highest BCUT2D eigenvalue weighted by atomic mass is 14.1. The van der Waals surface area contributed by atoms with E-state index in [1.165, 1.54) is 527 Å². The summed E-state index contributed by atoms with van der Waals surface area (Å²) in [5, 5.41) is 0. The van der Waals surface area contributed by atoms with E-state index in [4.69, 9.17) is 0 Å². The van der Waals surface area contributed by atoms with Crippen LogP contribution in [-0.2, 0) is 0 Å². The van der Waals surface area contributed by atoms with Crippen LogP contribution < -0.4 is 0 Å². The molecule has 0 unspecified atom stereocenters. The van der Waals surface area contributed by atoms with Gasteiger partial charge < -0.3 is 0 Å². The van der Waals surface area contributed by atoms with Gasteiger partial charge in [0, 0.05) is 0 Å². The summed E-state index contributed by atoms with van der Waals surface area (Å²) < 4.78 is 0. The summed E-state index contributed by atoms with van der Waals surface area (Å²) in [5.41, 5.74) is 0. The normalized spacial score (nSPS) is 24.0.